The quantitative estimate of drug-likeness (QED) is 0.494. The molecule has 134 valence electrons. The average Bonchev–Trinajstić information content (AvgIpc) is 2.96. The largest absolute Gasteiger partial charge is 0.338 e. The van der Waals surface area contributed by atoms with Crippen molar-refractivity contribution in [3.05, 3.63) is 35.5 Å². The summed E-state index contributed by atoms with van der Waals surface area (Å²) in [6.45, 7) is 4.41. The molecule has 3 N–H and O–H groups in total. The molecular formula is C17H22N4O2S2. The molecule has 25 heavy (non-hydrogen) atoms. The van der Waals surface area contributed by atoms with Gasteiger partial charge in [0.2, 0.25) is 0 Å². The monoisotopic (exact) mass is 378 g/mol. The second kappa shape index (κ2) is 9.43. The molecule has 0 radical (unpaired) electrons. The number of carbonyl (C=O) groups is 2. The Hall–Kier alpha value is -2.06. The predicted molar refractivity (Wildman–Crippen MR) is 105 cm³/mol. The maximum atomic E-state index is 12.6. The topological polar surface area (TPSA) is 83.1 Å². The van der Waals surface area contributed by atoms with Crippen LogP contribution in [0.5, 0.6) is 0 Å². The van der Waals surface area contributed by atoms with Gasteiger partial charge in [-0.3, -0.25) is 10.1 Å². The van der Waals surface area contributed by atoms with E-state index in [-0.39, 0.29) is 11.9 Å². The van der Waals surface area contributed by atoms with Crippen molar-refractivity contribution in [2.75, 3.05) is 23.4 Å². The van der Waals surface area contributed by atoms with Gasteiger partial charge in [0.1, 0.15) is 5.00 Å². The first-order chi connectivity index (χ1) is 12.0. The van der Waals surface area contributed by atoms with Crippen LogP contribution in [0.25, 0.3) is 0 Å². The minimum atomic E-state index is -0.324. The molecule has 0 unspecified atom stereocenters. The summed E-state index contributed by atoms with van der Waals surface area (Å²) in [4.78, 5) is 25.6. The highest BCUT2D eigenvalue weighted by atomic mass is 32.2. The molecule has 1 aromatic heterocycles. The van der Waals surface area contributed by atoms with E-state index >= 15 is 0 Å². The zero-order valence-electron chi connectivity index (χ0n) is 14.5. The van der Waals surface area contributed by atoms with Crippen LogP contribution in [-0.4, -0.2) is 29.1 Å². The van der Waals surface area contributed by atoms with Crippen LogP contribution < -0.4 is 16.0 Å². The molecule has 1 aromatic carbocycles. The number of aryl methyl sites for hydroxylation is 1. The van der Waals surface area contributed by atoms with Crippen LogP contribution in [0.4, 0.5) is 15.5 Å². The molecule has 0 spiro atoms. The molecule has 8 heteroatoms. The number of hydrogen-bond donors (Lipinski definition) is 3. The number of anilines is 2. The van der Waals surface area contributed by atoms with E-state index in [0.29, 0.717) is 28.5 Å². The zero-order valence-corrected chi connectivity index (χ0v) is 16.1. The van der Waals surface area contributed by atoms with Crippen molar-refractivity contribution in [3.8, 4) is 0 Å². The summed E-state index contributed by atoms with van der Waals surface area (Å²) >= 11 is 2.74. The fraction of sp³-hybridized carbons (Fsp3) is 0.353. The SMILES string of the molecule is CCCCNC(=O)Nc1snc(C)c1C(=O)Nc1ccc(SC)cc1. The molecule has 6 nitrogen and oxygen atoms in total. The first kappa shape index (κ1) is 19.3. The van der Waals surface area contributed by atoms with Crippen LogP contribution in [0.15, 0.2) is 29.2 Å². The Bertz CT molecular complexity index is 729. The Morgan fingerprint density at radius 1 is 1.20 bits per heavy atom. The molecule has 0 fully saturated rings. The van der Waals surface area contributed by atoms with Gasteiger partial charge in [0.15, 0.2) is 0 Å². The van der Waals surface area contributed by atoms with Crippen molar-refractivity contribution in [1.82, 2.24) is 9.69 Å². The molecule has 0 aliphatic heterocycles. The van der Waals surface area contributed by atoms with Crippen LogP contribution >= 0.6 is 23.3 Å². The lowest BCUT2D eigenvalue weighted by Crippen LogP contribution is -2.30. The molecule has 0 aliphatic carbocycles. The summed E-state index contributed by atoms with van der Waals surface area (Å²) in [5.41, 5.74) is 1.68. The van der Waals surface area contributed by atoms with E-state index in [0.717, 1.165) is 29.3 Å². The number of unbranched alkanes of at least 4 members (excludes halogenated alkanes) is 1. The number of aromatic nitrogens is 1. The van der Waals surface area contributed by atoms with Gasteiger partial charge in [-0.05, 0) is 55.4 Å². The lowest BCUT2D eigenvalue weighted by molar-refractivity contribution is 0.102. The number of rotatable bonds is 7. The van der Waals surface area contributed by atoms with E-state index in [2.05, 4.69) is 27.2 Å². The van der Waals surface area contributed by atoms with E-state index < -0.39 is 0 Å². The number of benzene rings is 1. The van der Waals surface area contributed by atoms with Gasteiger partial charge in [-0.15, -0.1) is 11.8 Å². The van der Waals surface area contributed by atoms with E-state index in [9.17, 15) is 9.59 Å². The third-order valence-electron chi connectivity index (χ3n) is 3.48. The molecular weight excluding hydrogens is 356 g/mol. The highest BCUT2D eigenvalue weighted by Crippen LogP contribution is 2.26. The summed E-state index contributed by atoms with van der Waals surface area (Å²) in [5, 5.41) is 8.78. The van der Waals surface area contributed by atoms with Gasteiger partial charge in [-0.1, -0.05) is 13.3 Å². The highest BCUT2D eigenvalue weighted by Gasteiger charge is 2.20. The number of nitrogens with zero attached hydrogens (tertiary/aromatic N) is 1. The van der Waals surface area contributed by atoms with Crippen molar-refractivity contribution in [2.24, 2.45) is 0 Å². The highest BCUT2D eigenvalue weighted by molar-refractivity contribution is 7.98. The summed E-state index contributed by atoms with van der Waals surface area (Å²) in [6.07, 6.45) is 3.91. The van der Waals surface area contributed by atoms with Crippen molar-refractivity contribution in [3.63, 3.8) is 0 Å². The summed E-state index contributed by atoms with van der Waals surface area (Å²) in [5.74, 6) is -0.285. The molecule has 0 bridgehead atoms. The van der Waals surface area contributed by atoms with Crippen LogP contribution in [0.1, 0.15) is 35.8 Å². The van der Waals surface area contributed by atoms with Gasteiger partial charge in [0.25, 0.3) is 5.91 Å². The first-order valence-corrected chi connectivity index (χ1v) is 10.0. The van der Waals surface area contributed by atoms with Crippen LogP contribution in [0.2, 0.25) is 0 Å². The molecule has 0 saturated heterocycles. The Kier molecular flexibility index (Phi) is 7.27. The smallest absolute Gasteiger partial charge is 0.319 e. The second-order valence-electron chi connectivity index (χ2n) is 5.39. The summed E-state index contributed by atoms with van der Waals surface area (Å²) in [6, 6.07) is 7.27. The van der Waals surface area contributed by atoms with Gasteiger partial charge in [0.05, 0.1) is 11.3 Å². The Balaban J connectivity index is 2.06. The van der Waals surface area contributed by atoms with Crippen molar-refractivity contribution >= 4 is 45.9 Å². The summed E-state index contributed by atoms with van der Waals surface area (Å²) < 4.78 is 4.19. The van der Waals surface area contributed by atoms with Crippen LogP contribution in [0.3, 0.4) is 0 Å². The molecule has 2 rings (SSSR count). The molecule has 0 saturated carbocycles. The maximum absolute atomic E-state index is 12.6. The van der Waals surface area contributed by atoms with Gasteiger partial charge < -0.3 is 10.6 Å². The van der Waals surface area contributed by atoms with E-state index in [1.54, 1.807) is 18.7 Å². The molecule has 1 heterocycles. The van der Waals surface area contributed by atoms with E-state index in [1.165, 1.54) is 0 Å². The maximum Gasteiger partial charge on any atom is 0.319 e. The van der Waals surface area contributed by atoms with Crippen molar-refractivity contribution in [1.29, 1.82) is 0 Å². The number of amides is 3. The first-order valence-electron chi connectivity index (χ1n) is 8.01. The Morgan fingerprint density at radius 2 is 1.92 bits per heavy atom. The van der Waals surface area contributed by atoms with Gasteiger partial charge >= 0.3 is 6.03 Å². The van der Waals surface area contributed by atoms with Gasteiger partial charge in [0, 0.05) is 17.1 Å². The molecule has 3 amide bonds. The predicted octanol–water partition coefficient (Wildman–Crippen LogP) is 4.35. The normalized spacial score (nSPS) is 10.4. The molecule has 0 aliphatic rings. The third-order valence-corrected chi connectivity index (χ3v) is 5.08. The molecule has 0 atom stereocenters. The number of thioether (sulfide) groups is 1. The fourth-order valence-corrected chi connectivity index (χ4v) is 3.31. The zero-order chi connectivity index (χ0) is 18.2. The van der Waals surface area contributed by atoms with Crippen molar-refractivity contribution < 1.29 is 9.59 Å². The van der Waals surface area contributed by atoms with E-state index in [1.807, 2.05) is 30.5 Å². The van der Waals surface area contributed by atoms with Crippen molar-refractivity contribution in [2.45, 2.75) is 31.6 Å². The van der Waals surface area contributed by atoms with E-state index in [4.69, 9.17) is 0 Å². The third kappa shape index (κ3) is 5.47. The number of carbonyl (C=O) groups excluding carboxylic acids is 2. The minimum Gasteiger partial charge on any atom is -0.338 e. The Morgan fingerprint density at radius 3 is 2.56 bits per heavy atom. The number of nitrogens with one attached hydrogen (secondary N) is 3. The Labute approximate surface area is 156 Å². The summed E-state index contributed by atoms with van der Waals surface area (Å²) in [7, 11) is 0. The van der Waals surface area contributed by atoms with Gasteiger partial charge in [-0.25, -0.2) is 4.79 Å². The molecule has 2 aromatic rings. The minimum absolute atomic E-state index is 0.285. The average molecular weight is 379 g/mol. The van der Waals surface area contributed by atoms with Crippen LogP contribution in [0, 0.1) is 6.92 Å². The second-order valence-corrected chi connectivity index (χ2v) is 7.04. The standard InChI is InChI=1S/C17H22N4O2S2/c1-4-5-10-18-17(23)20-16-14(11(2)21-25-16)15(22)19-12-6-8-13(24-3)9-7-12/h6-9H,4-5,10H2,1-3H3,(H,19,22)(H2,18,20,23). The lowest BCUT2D eigenvalue weighted by Gasteiger charge is -2.09. The lowest BCUT2D eigenvalue weighted by atomic mass is 10.2. The fourth-order valence-electron chi connectivity index (χ4n) is 2.12. The van der Waals surface area contributed by atoms with Crippen LogP contribution in [-0.2, 0) is 0 Å². The number of hydrogen-bond acceptors (Lipinski definition) is 5. The van der Waals surface area contributed by atoms with Gasteiger partial charge in [-0.2, -0.15) is 4.37 Å². The number of urea groups is 1.